The summed E-state index contributed by atoms with van der Waals surface area (Å²) in [4.78, 5) is 0. The Balaban J connectivity index is 0.921. The Labute approximate surface area is 386 Å². The molecule has 0 atom stereocenters. The number of rotatable bonds is 6. The average molecular weight is 851 g/mol. The summed E-state index contributed by atoms with van der Waals surface area (Å²) >= 11 is 0. The van der Waals surface area contributed by atoms with E-state index in [9.17, 15) is 0 Å². The van der Waals surface area contributed by atoms with Crippen LogP contribution < -0.4 is 15.6 Å². The molecule has 0 fully saturated rings. The van der Waals surface area contributed by atoms with E-state index in [0.717, 1.165) is 0 Å². The molecule has 65 heavy (non-hydrogen) atoms. The van der Waals surface area contributed by atoms with Gasteiger partial charge in [-0.3, -0.25) is 0 Å². The summed E-state index contributed by atoms with van der Waals surface area (Å²) in [6.07, 6.45) is 0. The van der Waals surface area contributed by atoms with Gasteiger partial charge in [0.2, 0.25) is 0 Å². The summed E-state index contributed by atoms with van der Waals surface area (Å²) < 4.78 is 0. The fourth-order valence-corrected chi connectivity index (χ4v) is 15.6. The molecule has 0 saturated carbocycles. The standard InChI is InChI=1S/C64H54Si/c1-62(2)56-17-11-8-14-50(56)53-35-26-44(38-59(53)62)41-20-29-47(30-21-41)65(7,48-31-22-42(23-32-48)45-27-36-54-51-15-9-12-18-57(51)63(3,4)60(54)39-45)49-33-24-43(25-34-49)46-28-37-55-52-16-10-13-19-58(52)64(5,6)61(55)40-46/h8-40H,1-7H3. The van der Waals surface area contributed by atoms with Gasteiger partial charge in [-0.1, -0.05) is 230 Å². The van der Waals surface area contributed by atoms with E-state index in [2.05, 4.69) is 248 Å². The Morgan fingerprint density at radius 2 is 0.477 bits per heavy atom. The maximum Gasteiger partial charge on any atom is 0.145 e. The molecule has 1 heteroatoms. The SMILES string of the molecule is CC1(C)c2ccccc2-c2ccc(-c3ccc([Si](C)(c4ccc(-c5ccc6c(c5)C(C)(C)c5ccccc5-6)cc4)c4ccc(-c5ccc6c(c5)C(C)(C)c5ccccc5-6)cc4)cc3)cc21. The zero-order chi connectivity index (χ0) is 44.5. The Kier molecular flexibility index (Phi) is 8.62. The highest BCUT2D eigenvalue weighted by molar-refractivity contribution is 7.10. The van der Waals surface area contributed by atoms with E-state index >= 15 is 0 Å². The summed E-state index contributed by atoms with van der Waals surface area (Å²) in [6.45, 7) is 16.8. The lowest BCUT2D eigenvalue weighted by molar-refractivity contribution is 0.660. The molecule has 0 heterocycles. The third-order valence-corrected chi connectivity index (χ3v) is 20.6. The molecule has 3 aliphatic carbocycles. The minimum Gasteiger partial charge on any atom is -0.0619 e. The Hall–Kier alpha value is -6.80. The lowest BCUT2D eigenvalue weighted by Gasteiger charge is -2.30. The smallest absolute Gasteiger partial charge is 0.0619 e. The molecule has 0 aliphatic heterocycles. The van der Waals surface area contributed by atoms with E-state index in [1.54, 1.807) is 0 Å². The fourth-order valence-electron chi connectivity index (χ4n) is 12.1. The van der Waals surface area contributed by atoms with Gasteiger partial charge in [-0.15, -0.1) is 0 Å². The minimum atomic E-state index is -2.50. The number of benzene rings is 9. The van der Waals surface area contributed by atoms with Gasteiger partial charge in [0.15, 0.2) is 0 Å². The monoisotopic (exact) mass is 850 g/mol. The van der Waals surface area contributed by atoms with E-state index in [4.69, 9.17) is 0 Å². The molecule has 0 spiro atoms. The Morgan fingerprint density at radius 3 is 0.754 bits per heavy atom. The molecule has 0 amide bonds. The summed E-state index contributed by atoms with van der Waals surface area (Å²) in [5.41, 5.74) is 24.1. The summed E-state index contributed by atoms with van der Waals surface area (Å²) in [7, 11) is -2.50. The van der Waals surface area contributed by atoms with Gasteiger partial charge in [-0.05, 0) is 134 Å². The highest BCUT2D eigenvalue weighted by Crippen LogP contribution is 2.52. The highest BCUT2D eigenvalue weighted by atomic mass is 28.3. The van der Waals surface area contributed by atoms with Crippen molar-refractivity contribution in [1.29, 1.82) is 0 Å². The third kappa shape index (κ3) is 5.81. The highest BCUT2D eigenvalue weighted by Gasteiger charge is 2.39. The molecule has 0 saturated heterocycles. The molecule has 0 bridgehead atoms. The van der Waals surface area contributed by atoms with E-state index in [0.29, 0.717) is 0 Å². The second-order valence-corrected chi connectivity index (χ2v) is 24.6. The van der Waals surface area contributed by atoms with Crippen molar-refractivity contribution in [1.82, 2.24) is 0 Å². The molecule has 9 aromatic carbocycles. The minimum absolute atomic E-state index is 0.0340. The molecule has 12 rings (SSSR count). The lowest BCUT2D eigenvalue weighted by Crippen LogP contribution is -2.64. The van der Waals surface area contributed by atoms with E-state index < -0.39 is 8.07 Å². The van der Waals surface area contributed by atoms with Gasteiger partial charge < -0.3 is 0 Å². The average Bonchev–Trinajstić information content (AvgIpc) is 3.83. The van der Waals surface area contributed by atoms with Crippen LogP contribution in [0.4, 0.5) is 0 Å². The van der Waals surface area contributed by atoms with Crippen molar-refractivity contribution in [2.75, 3.05) is 0 Å². The first kappa shape index (κ1) is 39.8. The second-order valence-electron chi connectivity index (χ2n) is 20.6. The molecule has 0 radical (unpaired) electrons. The Bertz CT molecular complexity index is 3020. The number of fused-ring (bicyclic) bond motifs is 9. The van der Waals surface area contributed by atoms with Crippen LogP contribution in [-0.4, -0.2) is 8.07 Å². The summed E-state index contributed by atoms with van der Waals surface area (Å²) in [5.74, 6) is 0. The third-order valence-electron chi connectivity index (χ3n) is 16.1. The largest absolute Gasteiger partial charge is 0.145 e. The molecule has 0 unspecified atom stereocenters. The van der Waals surface area contributed by atoms with Crippen molar-refractivity contribution >= 4 is 23.6 Å². The van der Waals surface area contributed by atoms with Crippen molar-refractivity contribution in [3.05, 3.63) is 234 Å². The van der Waals surface area contributed by atoms with Crippen LogP contribution >= 0.6 is 0 Å². The Morgan fingerprint density at radius 1 is 0.246 bits per heavy atom. The zero-order valence-electron chi connectivity index (χ0n) is 38.6. The quantitative estimate of drug-likeness (QED) is 0.115. The molecule has 314 valence electrons. The summed E-state index contributed by atoms with van der Waals surface area (Å²) in [5, 5.41) is 4.22. The van der Waals surface area contributed by atoms with Crippen LogP contribution in [0.5, 0.6) is 0 Å². The van der Waals surface area contributed by atoms with Crippen LogP contribution in [0.25, 0.3) is 66.8 Å². The van der Waals surface area contributed by atoms with Gasteiger partial charge >= 0.3 is 0 Å². The summed E-state index contributed by atoms with van der Waals surface area (Å²) in [6, 6.07) is 76.8. The molecule has 0 aromatic heterocycles. The van der Waals surface area contributed by atoms with Crippen molar-refractivity contribution < 1.29 is 0 Å². The lowest BCUT2D eigenvalue weighted by atomic mass is 9.81. The van der Waals surface area contributed by atoms with Gasteiger partial charge in [0.1, 0.15) is 8.07 Å². The maximum atomic E-state index is 2.55. The van der Waals surface area contributed by atoms with Gasteiger partial charge in [0, 0.05) is 16.2 Å². The predicted molar refractivity (Wildman–Crippen MR) is 279 cm³/mol. The van der Waals surface area contributed by atoms with E-state index in [1.165, 1.54) is 116 Å². The van der Waals surface area contributed by atoms with Crippen LogP contribution in [0, 0.1) is 0 Å². The van der Waals surface area contributed by atoms with Crippen LogP contribution in [0.15, 0.2) is 200 Å². The molecular formula is C64H54Si. The number of hydrogen-bond donors (Lipinski definition) is 0. The van der Waals surface area contributed by atoms with E-state index in [1.807, 2.05) is 0 Å². The van der Waals surface area contributed by atoms with Crippen molar-refractivity contribution in [2.24, 2.45) is 0 Å². The molecular weight excluding hydrogens is 797 g/mol. The molecule has 9 aromatic rings. The van der Waals surface area contributed by atoms with Gasteiger partial charge in [0.25, 0.3) is 0 Å². The van der Waals surface area contributed by atoms with Gasteiger partial charge in [0.05, 0.1) is 0 Å². The van der Waals surface area contributed by atoms with Crippen molar-refractivity contribution in [3.63, 3.8) is 0 Å². The van der Waals surface area contributed by atoms with E-state index in [-0.39, 0.29) is 16.2 Å². The second kappa shape index (κ2) is 14.1. The number of hydrogen-bond acceptors (Lipinski definition) is 0. The topological polar surface area (TPSA) is 0 Å². The predicted octanol–water partition coefficient (Wildman–Crippen LogP) is 14.7. The molecule has 0 nitrogen and oxygen atoms in total. The fraction of sp³-hybridized carbons (Fsp3) is 0.156. The zero-order valence-corrected chi connectivity index (χ0v) is 39.6. The van der Waals surface area contributed by atoms with Crippen LogP contribution in [0.2, 0.25) is 6.55 Å². The van der Waals surface area contributed by atoms with Crippen LogP contribution in [-0.2, 0) is 16.2 Å². The van der Waals surface area contributed by atoms with Crippen LogP contribution in [0.1, 0.15) is 74.9 Å². The maximum absolute atomic E-state index is 2.55. The first-order valence-corrected chi connectivity index (χ1v) is 25.9. The molecule has 0 N–H and O–H groups in total. The van der Waals surface area contributed by atoms with Crippen LogP contribution in [0.3, 0.4) is 0 Å². The van der Waals surface area contributed by atoms with Gasteiger partial charge in [-0.25, -0.2) is 0 Å². The van der Waals surface area contributed by atoms with Crippen molar-refractivity contribution in [3.8, 4) is 66.8 Å². The van der Waals surface area contributed by atoms with Crippen molar-refractivity contribution in [2.45, 2.75) is 64.3 Å². The molecule has 3 aliphatic rings. The first-order chi connectivity index (χ1) is 31.3. The first-order valence-electron chi connectivity index (χ1n) is 23.4. The van der Waals surface area contributed by atoms with Gasteiger partial charge in [-0.2, -0.15) is 0 Å². The normalized spacial score (nSPS) is 15.4.